The highest BCUT2D eigenvalue weighted by Crippen LogP contribution is 2.15. The first-order chi connectivity index (χ1) is 8.47. The lowest BCUT2D eigenvalue weighted by molar-refractivity contribution is -0.123. The van der Waals surface area contributed by atoms with Crippen LogP contribution in [-0.4, -0.2) is 36.5 Å². The number of nitrogens with zero attached hydrogens (tertiary/aromatic N) is 1. The van der Waals surface area contributed by atoms with E-state index in [1.54, 1.807) is 0 Å². The van der Waals surface area contributed by atoms with Crippen LogP contribution < -0.4 is 5.32 Å². The Morgan fingerprint density at radius 3 is 2.39 bits per heavy atom. The van der Waals surface area contributed by atoms with Gasteiger partial charge in [0.15, 0.2) is 0 Å². The molecule has 1 amide bonds. The van der Waals surface area contributed by atoms with Crippen LogP contribution in [0.15, 0.2) is 0 Å². The normalized spacial score (nSPS) is 20.1. The highest BCUT2D eigenvalue weighted by molar-refractivity contribution is 5.78. The number of nitrogens with one attached hydrogen (secondary N) is 1. The fraction of sp³-hybridized carbons (Fsp3) is 0.933. The molecule has 1 heterocycles. The molecule has 1 fully saturated rings. The summed E-state index contributed by atoms with van der Waals surface area (Å²) in [5.41, 5.74) is 0. The number of hydrogen-bond donors (Lipinski definition) is 1. The maximum Gasteiger partial charge on any atom is 0.234 e. The van der Waals surface area contributed by atoms with Gasteiger partial charge in [0, 0.05) is 6.04 Å². The Morgan fingerprint density at radius 1 is 1.22 bits per heavy atom. The van der Waals surface area contributed by atoms with E-state index in [9.17, 15) is 4.79 Å². The molecule has 1 aliphatic rings. The fourth-order valence-corrected chi connectivity index (χ4v) is 2.40. The highest BCUT2D eigenvalue weighted by atomic mass is 16.2. The molecule has 0 radical (unpaired) electrons. The Kier molecular flexibility index (Phi) is 6.69. The molecule has 0 bridgehead atoms. The van der Waals surface area contributed by atoms with Gasteiger partial charge in [-0.2, -0.15) is 0 Å². The lowest BCUT2D eigenvalue weighted by atomic mass is 9.99. The summed E-state index contributed by atoms with van der Waals surface area (Å²) in [6, 6.07) is 0.309. The molecule has 0 aromatic carbocycles. The van der Waals surface area contributed by atoms with E-state index in [0.717, 1.165) is 25.4 Å². The molecular formula is C15H30N2O. The van der Waals surface area contributed by atoms with Crippen LogP contribution in [-0.2, 0) is 4.79 Å². The number of hydrogen-bond acceptors (Lipinski definition) is 2. The molecule has 106 valence electrons. The second-order valence-corrected chi connectivity index (χ2v) is 6.40. The van der Waals surface area contributed by atoms with Crippen molar-refractivity contribution in [1.82, 2.24) is 10.2 Å². The lowest BCUT2D eigenvalue weighted by Crippen LogP contribution is -2.43. The van der Waals surface area contributed by atoms with Crippen molar-refractivity contribution < 1.29 is 4.79 Å². The van der Waals surface area contributed by atoms with Crippen molar-refractivity contribution >= 4 is 5.91 Å². The number of likely N-dealkylation sites (tertiary alicyclic amines) is 1. The Hall–Kier alpha value is -0.570. The average Bonchev–Trinajstić information content (AvgIpc) is 2.29. The van der Waals surface area contributed by atoms with E-state index >= 15 is 0 Å². The second kappa shape index (κ2) is 7.78. The average molecular weight is 254 g/mol. The number of carbonyl (C=O) groups excluding carboxylic acids is 1. The van der Waals surface area contributed by atoms with Gasteiger partial charge >= 0.3 is 0 Å². The Balaban J connectivity index is 2.16. The first-order valence-corrected chi connectivity index (χ1v) is 7.49. The van der Waals surface area contributed by atoms with E-state index in [2.05, 4.69) is 37.9 Å². The van der Waals surface area contributed by atoms with Gasteiger partial charge in [-0.3, -0.25) is 9.69 Å². The smallest absolute Gasteiger partial charge is 0.234 e. The number of rotatable bonds is 6. The van der Waals surface area contributed by atoms with E-state index in [-0.39, 0.29) is 5.91 Å². The summed E-state index contributed by atoms with van der Waals surface area (Å²) in [6.07, 6.45) is 4.73. The van der Waals surface area contributed by atoms with Crippen molar-refractivity contribution in [3.8, 4) is 0 Å². The summed E-state index contributed by atoms with van der Waals surface area (Å²) in [7, 11) is 0. The van der Waals surface area contributed by atoms with Gasteiger partial charge < -0.3 is 5.32 Å². The molecule has 0 spiro atoms. The summed E-state index contributed by atoms with van der Waals surface area (Å²) >= 11 is 0. The van der Waals surface area contributed by atoms with Crippen molar-refractivity contribution in [2.24, 2.45) is 11.8 Å². The predicted molar refractivity (Wildman–Crippen MR) is 76.5 cm³/mol. The zero-order valence-corrected chi connectivity index (χ0v) is 12.5. The van der Waals surface area contributed by atoms with Gasteiger partial charge in [-0.1, -0.05) is 20.8 Å². The minimum absolute atomic E-state index is 0.195. The van der Waals surface area contributed by atoms with Crippen molar-refractivity contribution in [2.75, 3.05) is 19.6 Å². The Bertz CT molecular complexity index is 245. The zero-order valence-electron chi connectivity index (χ0n) is 12.5. The fourth-order valence-electron chi connectivity index (χ4n) is 2.40. The summed E-state index contributed by atoms with van der Waals surface area (Å²) < 4.78 is 0. The second-order valence-electron chi connectivity index (χ2n) is 6.40. The lowest BCUT2D eigenvalue weighted by Gasteiger charge is -2.30. The molecule has 1 saturated heterocycles. The first-order valence-electron chi connectivity index (χ1n) is 7.49. The van der Waals surface area contributed by atoms with E-state index < -0.39 is 0 Å². The molecule has 0 aromatic rings. The van der Waals surface area contributed by atoms with Crippen LogP contribution in [0, 0.1) is 11.8 Å². The van der Waals surface area contributed by atoms with Crippen LogP contribution in [0.3, 0.4) is 0 Å². The molecule has 18 heavy (non-hydrogen) atoms. The van der Waals surface area contributed by atoms with Gasteiger partial charge in [0.05, 0.1) is 6.54 Å². The summed E-state index contributed by atoms with van der Waals surface area (Å²) in [4.78, 5) is 14.2. The Morgan fingerprint density at radius 2 is 1.83 bits per heavy atom. The quantitative estimate of drug-likeness (QED) is 0.790. The zero-order chi connectivity index (χ0) is 13.5. The van der Waals surface area contributed by atoms with Crippen LogP contribution in [0.1, 0.15) is 53.4 Å². The van der Waals surface area contributed by atoms with Crippen molar-refractivity contribution in [2.45, 2.75) is 59.4 Å². The predicted octanol–water partition coefficient (Wildman–Crippen LogP) is 2.66. The summed E-state index contributed by atoms with van der Waals surface area (Å²) in [6.45, 7) is 11.6. The maximum atomic E-state index is 11.9. The van der Waals surface area contributed by atoms with Gasteiger partial charge in [-0.05, 0) is 57.5 Å². The molecule has 1 atom stereocenters. The van der Waals surface area contributed by atoms with Crippen LogP contribution in [0.4, 0.5) is 0 Å². The number of amides is 1. The van der Waals surface area contributed by atoms with Crippen molar-refractivity contribution in [3.63, 3.8) is 0 Å². The molecule has 1 rings (SSSR count). The minimum atomic E-state index is 0.195. The van der Waals surface area contributed by atoms with Crippen LogP contribution in [0.2, 0.25) is 0 Å². The molecule has 1 aliphatic heterocycles. The topological polar surface area (TPSA) is 32.3 Å². The summed E-state index contributed by atoms with van der Waals surface area (Å²) in [5, 5.41) is 3.11. The van der Waals surface area contributed by atoms with Crippen molar-refractivity contribution in [3.05, 3.63) is 0 Å². The Labute approximate surface area is 112 Å². The molecule has 0 aliphatic carbocycles. The third-order valence-electron chi connectivity index (χ3n) is 3.83. The number of piperidine rings is 1. The summed E-state index contributed by atoms with van der Waals surface area (Å²) in [5.74, 6) is 1.74. The van der Waals surface area contributed by atoms with E-state index in [0.29, 0.717) is 18.5 Å². The molecule has 1 N–H and O–H groups in total. The van der Waals surface area contributed by atoms with Gasteiger partial charge in [-0.25, -0.2) is 0 Å². The van der Waals surface area contributed by atoms with E-state index in [1.165, 1.54) is 19.3 Å². The monoisotopic (exact) mass is 254 g/mol. The standard InChI is InChI=1S/C15H30N2O/c1-12(2)5-6-14(4)16-15(18)11-17-9-7-13(3)8-10-17/h12-14H,5-11H2,1-4H3,(H,16,18). The van der Waals surface area contributed by atoms with Crippen LogP contribution >= 0.6 is 0 Å². The van der Waals surface area contributed by atoms with E-state index in [4.69, 9.17) is 0 Å². The molecule has 0 saturated carbocycles. The van der Waals surface area contributed by atoms with Gasteiger partial charge in [-0.15, -0.1) is 0 Å². The maximum absolute atomic E-state index is 11.9. The SMILES string of the molecule is CC(C)CCC(C)NC(=O)CN1CCC(C)CC1. The molecular weight excluding hydrogens is 224 g/mol. The highest BCUT2D eigenvalue weighted by Gasteiger charge is 2.18. The molecule has 1 unspecified atom stereocenters. The minimum Gasteiger partial charge on any atom is -0.353 e. The number of carbonyl (C=O) groups is 1. The van der Waals surface area contributed by atoms with Crippen LogP contribution in [0.5, 0.6) is 0 Å². The van der Waals surface area contributed by atoms with E-state index in [1.807, 2.05) is 0 Å². The largest absolute Gasteiger partial charge is 0.353 e. The third kappa shape index (κ3) is 6.39. The molecule has 3 heteroatoms. The third-order valence-corrected chi connectivity index (χ3v) is 3.83. The van der Waals surface area contributed by atoms with Crippen LogP contribution in [0.25, 0.3) is 0 Å². The van der Waals surface area contributed by atoms with Gasteiger partial charge in [0.1, 0.15) is 0 Å². The van der Waals surface area contributed by atoms with Gasteiger partial charge in [0.25, 0.3) is 0 Å². The van der Waals surface area contributed by atoms with Gasteiger partial charge in [0.2, 0.25) is 5.91 Å². The van der Waals surface area contributed by atoms with Crippen molar-refractivity contribution in [1.29, 1.82) is 0 Å². The molecule has 3 nitrogen and oxygen atoms in total. The molecule has 0 aromatic heterocycles. The first kappa shape index (κ1) is 15.5.